The normalized spacial score (nSPS) is 12.2. The minimum atomic E-state index is -0.582. The second kappa shape index (κ2) is 13.7. The molecule has 1 atom stereocenters. The van der Waals surface area contributed by atoms with Crippen molar-refractivity contribution in [2.45, 2.75) is 47.5 Å². The molecule has 1 unspecified atom stereocenters. The Morgan fingerprint density at radius 1 is 0.903 bits per heavy atom. The molecule has 1 aromatic rings. The predicted molar refractivity (Wildman–Crippen MR) is 123 cm³/mol. The fourth-order valence-electron chi connectivity index (χ4n) is 4.15. The smallest absolute Gasteiger partial charge is 0.407 e. The maximum atomic E-state index is 11.6. The van der Waals surface area contributed by atoms with E-state index in [0.29, 0.717) is 29.6 Å². The first-order valence-corrected chi connectivity index (χ1v) is 11.1. The molecule has 0 fully saturated rings. The highest BCUT2D eigenvalue weighted by atomic mass is 16.6. The Hall–Kier alpha value is -2.50. The Balaban J connectivity index is 2.47. The van der Waals surface area contributed by atoms with E-state index >= 15 is 0 Å². The van der Waals surface area contributed by atoms with E-state index in [1.165, 1.54) is 5.56 Å². The second-order valence-corrected chi connectivity index (χ2v) is 8.69. The minimum Gasteiger partial charge on any atom is -0.490 e. The largest absolute Gasteiger partial charge is 0.490 e. The number of esters is 1. The van der Waals surface area contributed by atoms with Gasteiger partial charge in [0.25, 0.3) is 0 Å². The quantitative estimate of drug-likeness (QED) is 0.263. The van der Waals surface area contributed by atoms with E-state index in [4.69, 9.17) is 14.2 Å². The van der Waals surface area contributed by atoms with Gasteiger partial charge in [0.05, 0.1) is 6.54 Å². The molecule has 1 amide bonds. The molecular weight excluding hydrogens is 394 g/mol. The Bertz CT molecular complexity index is 674. The molecule has 6 nitrogen and oxygen atoms in total. The van der Waals surface area contributed by atoms with Crippen molar-refractivity contribution in [2.24, 2.45) is 23.7 Å². The van der Waals surface area contributed by atoms with Crippen LogP contribution in [-0.2, 0) is 14.3 Å². The molecule has 0 aliphatic heterocycles. The van der Waals surface area contributed by atoms with E-state index < -0.39 is 12.1 Å². The van der Waals surface area contributed by atoms with Crippen molar-refractivity contribution in [3.8, 4) is 5.75 Å². The first-order valence-electron chi connectivity index (χ1n) is 11.1. The Labute approximate surface area is 187 Å². The van der Waals surface area contributed by atoms with Crippen LogP contribution in [0.4, 0.5) is 4.79 Å². The third kappa shape index (κ3) is 9.45. The van der Waals surface area contributed by atoms with Gasteiger partial charge in [-0.15, -0.1) is 0 Å². The fraction of sp³-hybridized carbons (Fsp3) is 0.600. The number of nitrogens with one attached hydrogen (secondary N) is 1. The Morgan fingerprint density at radius 2 is 1.52 bits per heavy atom. The second-order valence-electron chi connectivity index (χ2n) is 8.69. The van der Waals surface area contributed by atoms with Gasteiger partial charge < -0.3 is 19.5 Å². The van der Waals surface area contributed by atoms with E-state index in [9.17, 15) is 9.59 Å². The lowest BCUT2D eigenvalue weighted by atomic mass is 9.68. The number of ether oxygens (including phenoxy) is 3. The highest BCUT2D eigenvalue weighted by molar-refractivity contribution is 5.81. The van der Waals surface area contributed by atoms with E-state index in [1.807, 2.05) is 12.1 Å². The topological polar surface area (TPSA) is 73.9 Å². The molecule has 6 heteroatoms. The van der Waals surface area contributed by atoms with E-state index in [-0.39, 0.29) is 26.4 Å². The van der Waals surface area contributed by atoms with Gasteiger partial charge in [0.15, 0.2) is 0 Å². The number of carbonyl (C=O) groups is 2. The molecule has 0 aliphatic rings. The van der Waals surface area contributed by atoms with Crippen LogP contribution < -0.4 is 10.1 Å². The molecule has 0 aromatic heterocycles. The van der Waals surface area contributed by atoms with Gasteiger partial charge in [0.2, 0.25) is 0 Å². The summed E-state index contributed by atoms with van der Waals surface area (Å²) in [6, 6.07) is 8.26. The predicted octanol–water partition coefficient (Wildman–Crippen LogP) is 5.19. The molecule has 1 rings (SSSR count). The number of hydrogen-bond donors (Lipinski definition) is 1. The summed E-state index contributed by atoms with van der Waals surface area (Å²) in [7, 11) is 0. The Kier molecular flexibility index (Phi) is 11.8. The van der Waals surface area contributed by atoms with Crippen LogP contribution in [-0.4, -0.2) is 38.4 Å². The minimum absolute atomic E-state index is 0.0641. The summed E-state index contributed by atoms with van der Waals surface area (Å²) < 4.78 is 15.5. The van der Waals surface area contributed by atoms with Crippen LogP contribution in [0.2, 0.25) is 0 Å². The SMILES string of the molecule is C=CC(=O)OCCNC(=O)OCCOc1ccc(C(C(C)C)C(C(C)C)C(C)C)cc1. The number of amides is 1. The van der Waals surface area contributed by atoms with Crippen molar-refractivity contribution >= 4 is 12.1 Å². The van der Waals surface area contributed by atoms with Crippen LogP contribution in [0.1, 0.15) is 53.0 Å². The van der Waals surface area contributed by atoms with Crippen LogP contribution in [0.15, 0.2) is 36.9 Å². The average molecular weight is 434 g/mol. The monoisotopic (exact) mass is 433 g/mol. The van der Waals surface area contributed by atoms with Gasteiger partial charge in [-0.1, -0.05) is 60.3 Å². The van der Waals surface area contributed by atoms with Crippen LogP contribution >= 0.6 is 0 Å². The lowest BCUT2D eigenvalue weighted by molar-refractivity contribution is -0.137. The highest BCUT2D eigenvalue weighted by Gasteiger charge is 2.30. The zero-order valence-corrected chi connectivity index (χ0v) is 19.9. The van der Waals surface area contributed by atoms with Gasteiger partial charge in [0.1, 0.15) is 25.6 Å². The van der Waals surface area contributed by atoms with Gasteiger partial charge in [-0.05, 0) is 47.3 Å². The van der Waals surface area contributed by atoms with E-state index in [2.05, 4.69) is 65.6 Å². The van der Waals surface area contributed by atoms with Gasteiger partial charge in [-0.25, -0.2) is 9.59 Å². The Morgan fingerprint density at radius 3 is 2.03 bits per heavy atom. The summed E-state index contributed by atoms with van der Waals surface area (Å²) >= 11 is 0. The summed E-state index contributed by atoms with van der Waals surface area (Å²) in [5.41, 5.74) is 1.34. The lowest BCUT2D eigenvalue weighted by Crippen LogP contribution is -2.29. The molecular formula is C25H39NO5. The molecule has 1 N–H and O–H groups in total. The van der Waals surface area contributed by atoms with Crippen molar-refractivity contribution in [3.05, 3.63) is 42.5 Å². The molecule has 0 saturated heterocycles. The molecule has 31 heavy (non-hydrogen) atoms. The summed E-state index contributed by atoms with van der Waals surface area (Å²) in [5, 5.41) is 2.49. The standard InChI is InChI=1S/C25H39NO5/c1-8-22(27)30-14-13-26-25(28)31-16-15-29-21-11-9-20(10-12-21)24(19(6)7)23(17(2)3)18(4)5/h8-12,17-19,23-24H,1,13-16H2,2-7H3,(H,26,28). The van der Waals surface area contributed by atoms with Gasteiger partial charge >= 0.3 is 12.1 Å². The first-order chi connectivity index (χ1) is 14.7. The number of carbonyl (C=O) groups excluding carboxylic acids is 2. The number of rotatable bonds is 13. The number of hydrogen-bond acceptors (Lipinski definition) is 5. The van der Waals surface area contributed by atoms with E-state index in [1.54, 1.807) is 0 Å². The highest BCUT2D eigenvalue weighted by Crippen LogP contribution is 2.41. The molecule has 0 radical (unpaired) electrons. The van der Waals surface area contributed by atoms with Crippen molar-refractivity contribution < 1.29 is 23.8 Å². The number of alkyl carbamates (subject to hydrolysis) is 1. The van der Waals surface area contributed by atoms with E-state index in [0.717, 1.165) is 11.8 Å². The third-order valence-corrected chi connectivity index (χ3v) is 5.31. The molecule has 0 bridgehead atoms. The molecule has 0 heterocycles. The lowest BCUT2D eigenvalue weighted by Gasteiger charge is -2.36. The van der Waals surface area contributed by atoms with Crippen molar-refractivity contribution in [1.29, 1.82) is 0 Å². The maximum Gasteiger partial charge on any atom is 0.407 e. The van der Waals surface area contributed by atoms with Crippen molar-refractivity contribution in [3.63, 3.8) is 0 Å². The maximum absolute atomic E-state index is 11.6. The summed E-state index contributed by atoms with van der Waals surface area (Å²) in [6.45, 7) is 17.7. The van der Waals surface area contributed by atoms with Crippen LogP contribution in [0.25, 0.3) is 0 Å². The molecule has 0 spiro atoms. The van der Waals surface area contributed by atoms with Gasteiger partial charge in [-0.2, -0.15) is 0 Å². The van der Waals surface area contributed by atoms with Crippen LogP contribution in [0, 0.1) is 23.7 Å². The fourth-order valence-corrected chi connectivity index (χ4v) is 4.15. The summed E-state index contributed by atoms with van der Waals surface area (Å²) in [5.74, 6) is 3.09. The van der Waals surface area contributed by atoms with Gasteiger partial charge in [0, 0.05) is 6.08 Å². The van der Waals surface area contributed by atoms with Crippen molar-refractivity contribution in [2.75, 3.05) is 26.4 Å². The summed E-state index contributed by atoms with van der Waals surface area (Å²) in [4.78, 5) is 22.5. The molecule has 0 aliphatic carbocycles. The first kappa shape index (κ1) is 26.5. The van der Waals surface area contributed by atoms with Crippen molar-refractivity contribution in [1.82, 2.24) is 5.32 Å². The van der Waals surface area contributed by atoms with Crippen LogP contribution in [0.5, 0.6) is 5.75 Å². The third-order valence-electron chi connectivity index (χ3n) is 5.31. The zero-order chi connectivity index (χ0) is 23.4. The summed E-state index contributed by atoms with van der Waals surface area (Å²) in [6.07, 6.45) is 0.486. The number of benzene rings is 1. The molecule has 0 saturated carbocycles. The van der Waals surface area contributed by atoms with Crippen LogP contribution in [0.3, 0.4) is 0 Å². The van der Waals surface area contributed by atoms with Gasteiger partial charge in [-0.3, -0.25) is 0 Å². The molecule has 174 valence electrons. The zero-order valence-electron chi connectivity index (χ0n) is 19.9. The average Bonchev–Trinajstić information content (AvgIpc) is 2.72. The molecule has 1 aromatic carbocycles.